The summed E-state index contributed by atoms with van der Waals surface area (Å²) >= 11 is 0. The Kier molecular flexibility index (Phi) is 6.54. The zero-order valence-corrected chi connectivity index (χ0v) is 18.3. The first kappa shape index (κ1) is 23.9. The molecule has 3 aromatic rings. The minimum Gasteiger partial charge on any atom is -0.465 e. The number of sulfonamides is 1. The molecule has 0 spiro atoms. The quantitative estimate of drug-likeness (QED) is 0.381. The van der Waals surface area contributed by atoms with Crippen molar-refractivity contribution in [2.75, 3.05) is 17.6 Å². The number of ether oxygens (including phenoxy) is 2. The van der Waals surface area contributed by atoms with Gasteiger partial charge < -0.3 is 15.2 Å². The highest BCUT2D eigenvalue weighted by molar-refractivity contribution is 7.92. The van der Waals surface area contributed by atoms with Gasteiger partial charge in [0.15, 0.2) is 0 Å². The predicted molar refractivity (Wildman–Crippen MR) is 116 cm³/mol. The molecule has 0 amide bonds. The average Bonchev–Trinajstić information content (AvgIpc) is 2.75. The van der Waals surface area contributed by atoms with E-state index in [1.807, 2.05) is 0 Å². The fourth-order valence-electron chi connectivity index (χ4n) is 2.86. The van der Waals surface area contributed by atoms with Crippen LogP contribution in [-0.2, 0) is 20.9 Å². The van der Waals surface area contributed by atoms with Crippen LogP contribution in [0.15, 0.2) is 65.6 Å². The molecule has 0 radical (unpaired) electrons. The summed E-state index contributed by atoms with van der Waals surface area (Å²) in [5.74, 6) is -1.08. The molecule has 0 atom stereocenters. The maximum atomic E-state index is 13.1. The third-order valence-electron chi connectivity index (χ3n) is 4.54. The van der Waals surface area contributed by atoms with Crippen molar-refractivity contribution in [2.24, 2.45) is 0 Å². The number of nitrogens with one attached hydrogen (secondary N) is 1. The Morgan fingerprint density at radius 2 is 1.58 bits per heavy atom. The second kappa shape index (κ2) is 9.02. The Morgan fingerprint density at radius 1 is 0.970 bits per heavy atom. The minimum absolute atomic E-state index is 0.0217. The molecule has 7 nitrogen and oxygen atoms in total. The molecule has 3 rings (SSSR count). The fourth-order valence-corrected chi connectivity index (χ4v) is 3.94. The highest BCUT2D eigenvalue weighted by atomic mass is 32.2. The van der Waals surface area contributed by atoms with E-state index in [-0.39, 0.29) is 27.6 Å². The Balaban J connectivity index is 1.95. The van der Waals surface area contributed by atoms with Crippen LogP contribution in [-0.4, -0.2) is 21.5 Å². The lowest BCUT2D eigenvalue weighted by molar-refractivity contribution is -0.137. The summed E-state index contributed by atoms with van der Waals surface area (Å²) in [5.41, 5.74) is 4.42. The molecule has 33 heavy (non-hydrogen) atoms. The Hall–Kier alpha value is -3.73. The monoisotopic (exact) mass is 480 g/mol. The maximum Gasteiger partial charge on any atom is 0.418 e. The van der Waals surface area contributed by atoms with E-state index in [0.717, 1.165) is 30.9 Å². The van der Waals surface area contributed by atoms with Crippen molar-refractivity contribution >= 4 is 27.4 Å². The second-order valence-corrected chi connectivity index (χ2v) is 8.65. The summed E-state index contributed by atoms with van der Waals surface area (Å²) in [6, 6.07) is 12.8. The van der Waals surface area contributed by atoms with Crippen LogP contribution in [0, 0.1) is 6.92 Å². The molecule has 3 aromatic carbocycles. The number of methoxy groups -OCH3 is 1. The van der Waals surface area contributed by atoms with Gasteiger partial charge in [0.05, 0.1) is 28.8 Å². The molecule has 0 aliphatic heterocycles. The van der Waals surface area contributed by atoms with Gasteiger partial charge in [-0.3, -0.25) is 4.72 Å². The number of alkyl halides is 3. The van der Waals surface area contributed by atoms with Crippen molar-refractivity contribution in [3.8, 4) is 11.5 Å². The van der Waals surface area contributed by atoms with E-state index in [2.05, 4.69) is 4.72 Å². The van der Waals surface area contributed by atoms with Crippen LogP contribution in [0.5, 0.6) is 11.5 Å². The van der Waals surface area contributed by atoms with E-state index in [0.29, 0.717) is 0 Å². The van der Waals surface area contributed by atoms with Crippen LogP contribution >= 0.6 is 0 Å². The van der Waals surface area contributed by atoms with E-state index in [1.165, 1.54) is 30.3 Å². The van der Waals surface area contributed by atoms with Crippen LogP contribution in [0.25, 0.3) is 0 Å². The highest BCUT2D eigenvalue weighted by Crippen LogP contribution is 2.37. The van der Waals surface area contributed by atoms with E-state index in [1.54, 1.807) is 19.1 Å². The van der Waals surface area contributed by atoms with Crippen molar-refractivity contribution in [3.63, 3.8) is 0 Å². The van der Waals surface area contributed by atoms with Crippen LogP contribution in [0.3, 0.4) is 0 Å². The van der Waals surface area contributed by atoms with E-state index in [4.69, 9.17) is 15.2 Å². The number of carbonyl (C=O) groups excluding carboxylic acids is 1. The van der Waals surface area contributed by atoms with Gasteiger partial charge in [0.1, 0.15) is 11.5 Å². The lowest BCUT2D eigenvalue weighted by atomic mass is 10.1. The number of anilines is 2. The zero-order chi connectivity index (χ0) is 24.4. The molecule has 174 valence electrons. The van der Waals surface area contributed by atoms with Gasteiger partial charge in [-0.25, -0.2) is 13.2 Å². The smallest absolute Gasteiger partial charge is 0.418 e. The summed E-state index contributed by atoms with van der Waals surface area (Å²) in [5, 5.41) is 0. The Morgan fingerprint density at radius 3 is 2.18 bits per heavy atom. The van der Waals surface area contributed by atoms with Crippen molar-refractivity contribution in [2.45, 2.75) is 18.0 Å². The number of rotatable bonds is 6. The largest absolute Gasteiger partial charge is 0.465 e. The third-order valence-corrected chi connectivity index (χ3v) is 5.92. The summed E-state index contributed by atoms with van der Waals surface area (Å²) in [7, 11) is -2.93. The molecule has 11 heteroatoms. The van der Waals surface area contributed by atoms with Gasteiger partial charge in [0, 0.05) is 5.69 Å². The summed E-state index contributed by atoms with van der Waals surface area (Å²) in [4.78, 5) is 12.2. The number of nitrogens with two attached hydrogens (primary N) is 1. The number of hydrogen-bond acceptors (Lipinski definition) is 6. The molecule has 0 heterocycles. The van der Waals surface area contributed by atoms with Crippen LogP contribution < -0.4 is 15.2 Å². The maximum absolute atomic E-state index is 13.1. The first-order valence-corrected chi connectivity index (χ1v) is 10.9. The van der Waals surface area contributed by atoms with Crippen molar-refractivity contribution < 1.29 is 35.9 Å². The summed E-state index contributed by atoms with van der Waals surface area (Å²) in [6.07, 6.45) is -4.68. The van der Waals surface area contributed by atoms with Crippen molar-refractivity contribution in [1.82, 2.24) is 0 Å². The van der Waals surface area contributed by atoms with Gasteiger partial charge >= 0.3 is 12.1 Å². The SMILES string of the molecule is COC(=O)c1cc(Oc2ccc(N)c(C(F)(F)F)c2)ccc1NS(=O)(=O)c1ccc(C)cc1. The van der Waals surface area contributed by atoms with E-state index < -0.39 is 33.4 Å². The molecule has 0 bridgehead atoms. The van der Waals surface area contributed by atoms with Gasteiger partial charge in [-0.1, -0.05) is 17.7 Å². The average molecular weight is 480 g/mol. The Bertz CT molecular complexity index is 1290. The molecular weight excluding hydrogens is 461 g/mol. The molecule has 0 saturated carbocycles. The molecule has 0 unspecified atom stereocenters. The van der Waals surface area contributed by atoms with E-state index >= 15 is 0 Å². The van der Waals surface area contributed by atoms with Crippen molar-refractivity contribution in [1.29, 1.82) is 0 Å². The number of benzene rings is 3. The normalized spacial score (nSPS) is 11.7. The van der Waals surface area contributed by atoms with Gasteiger partial charge in [0.2, 0.25) is 0 Å². The van der Waals surface area contributed by atoms with Gasteiger partial charge in [-0.05, 0) is 55.5 Å². The Labute approximate surface area is 188 Å². The molecule has 3 N–H and O–H groups in total. The lowest BCUT2D eigenvalue weighted by Crippen LogP contribution is -2.16. The standard InChI is InChI=1S/C22H19F3N2O5S/c1-13-3-7-16(8-4-13)33(29,30)27-20-10-6-14(11-17(20)21(28)31-2)32-15-5-9-19(26)18(12-15)22(23,24)25/h3-12,27H,26H2,1-2H3. The molecule has 0 aromatic heterocycles. The predicted octanol–water partition coefficient (Wildman–Crippen LogP) is 4.98. The molecule has 0 fully saturated rings. The number of carbonyl (C=O) groups is 1. The summed E-state index contributed by atoms with van der Waals surface area (Å²) in [6.45, 7) is 1.80. The first-order valence-electron chi connectivity index (χ1n) is 9.37. The van der Waals surface area contributed by atoms with Crippen LogP contribution in [0.1, 0.15) is 21.5 Å². The van der Waals surface area contributed by atoms with Gasteiger partial charge in [-0.15, -0.1) is 0 Å². The van der Waals surface area contributed by atoms with Gasteiger partial charge in [-0.2, -0.15) is 13.2 Å². The molecule has 0 aliphatic rings. The molecule has 0 saturated heterocycles. The topological polar surface area (TPSA) is 108 Å². The number of halogens is 3. The third kappa shape index (κ3) is 5.55. The number of hydrogen-bond donors (Lipinski definition) is 2. The zero-order valence-electron chi connectivity index (χ0n) is 17.4. The lowest BCUT2D eigenvalue weighted by Gasteiger charge is -2.15. The second-order valence-electron chi connectivity index (χ2n) is 6.97. The van der Waals surface area contributed by atoms with Crippen molar-refractivity contribution in [3.05, 3.63) is 77.4 Å². The highest BCUT2D eigenvalue weighted by Gasteiger charge is 2.33. The molecular formula is C22H19F3N2O5S. The number of aryl methyl sites for hydroxylation is 1. The summed E-state index contributed by atoms with van der Waals surface area (Å²) < 4.78 is 77.2. The van der Waals surface area contributed by atoms with E-state index in [9.17, 15) is 26.4 Å². The number of esters is 1. The van der Waals surface area contributed by atoms with Crippen LogP contribution in [0.4, 0.5) is 24.5 Å². The first-order chi connectivity index (χ1) is 15.4. The number of nitrogen functional groups attached to an aromatic ring is 1. The molecule has 0 aliphatic carbocycles. The van der Waals surface area contributed by atoms with Gasteiger partial charge in [0.25, 0.3) is 10.0 Å². The minimum atomic E-state index is -4.68. The fraction of sp³-hybridized carbons (Fsp3) is 0.136. The van der Waals surface area contributed by atoms with Crippen LogP contribution in [0.2, 0.25) is 0 Å².